The largest absolute Gasteiger partial charge is 0.481 e. The summed E-state index contributed by atoms with van der Waals surface area (Å²) < 4.78 is 79.7. The lowest BCUT2D eigenvalue weighted by molar-refractivity contribution is 0.0337. The minimum atomic E-state index is -3.29. The summed E-state index contributed by atoms with van der Waals surface area (Å²) in [5.74, 6) is -6.89. The first-order chi connectivity index (χ1) is 28.4. The number of hydrogen-bond acceptors (Lipinski definition) is 13. The predicted octanol–water partition coefficient (Wildman–Crippen LogP) is 5.43. The minimum Gasteiger partial charge on any atom is -0.481 e. The minimum absolute atomic E-state index is 0.227. The number of benzene rings is 4. The first-order valence-electron chi connectivity index (χ1n) is 17.8. The van der Waals surface area contributed by atoms with Gasteiger partial charge in [-0.1, -0.05) is 97.1 Å². The quantitative estimate of drug-likeness (QED) is 0.0712. The number of carbonyl (C=O) groups excluding carboxylic acids is 2. The summed E-state index contributed by atoms with van der Waals surface area (Å²) in [5.41, 5.74) is 1.09. The molecule has 17 heteroatoms. The van der Waals surface area contributed by atoms with Crippen molar-refractivity contribution in [1.82, 2.24) is 0 Å². The van der Waals surface area contributed by atoms with Gasteiger partial charge in [-0.2, -0.15) is 0 Å². The maximum absolute atomic E-state index is 13.9. The number of thiol groups is 2. The fourth-order valence-corrected chi connectivity index (χ4v) is 7.17. The molecule has 0 unspecified atom stereocenters. The van der Waals surface area contributed by atoms with Gasteiger partial charge in [-0.15, -0.1) is 0 Å². The molecule has 0 aliphatic rings. The Labute approximate surface area is 340 Å². The van der Waals surface area contributed by atoms with Crippen molar-refractivity contribution in [3.8, 4) is 11.5 Å². The average Bonchev–Trinajstić information content (AvgIpc) is 3.22. The zero-order valence-corrected chi connectivity index (χ0v) is 33.3. The van der Waals surface area contributed by atoms with Crippen molar-refractivity contribution in [3.63, 3.8) is 0 Å². The van der Waals surface area contributed by atoms with Gasteiger partial charge in [0.25, 0.3) is 11.5 Å². The summed E-state index contributed by atoms with van der Waals surface area (Å²) in [6, 6.07) is 32.1. The molecule has 2 heterocycles. The highest BCUT2D eigenvalue weighted by Crippen LogP contribution is 2.27. The number of hydrogen-bond donors (Lipinski definition) is 2. The van der Waals surface area contributed by atoms with Crippen LogP contribution in [0.3, 0.4) is 0 Å². The van der Waals surface area contributed by atoms with E-state index in [1.54, 1.807) is 123 Å². The van der Waals surface area contributed by atoms with E-state index in [9.17, 15) is 36.0 Å². The zero-order valence-electron chi connectivity index (χ0n) is 31.5. The first-order valence-corrected chi connectivity index (χ1v) is 20.0. The number of nitrogens with zero attached hydrogens (tertiary/aromatic N) is 2. The molecule has 0 atom stereocenters. The molecule has 15 nitrogen and oxygen atoms in total. The van der Waals surface area contributed by atoms with E-state index in [0.29, 0.717) is 22.3 Å². The van der Waals surface area contributed by atoms with E-state index < -0.39 is 80.7 Å². The fourth-order valence-electron chi connectivity index (χ4n) is 5.86. The summed E-state index contributed by atoms with van der Waals surface area (Å²) in [7, 11) is -6.58. The third kappa shape index (κ3) is 10.3. The average molecular weight is 841 g/mol. The maximum atomic E-state index is 13.9. The SMILES string of the molecule is Cc1ccccc1N(Cc1cc(=O)c(OCc2ccccc2)c(C(=O)OC(=O)c2oc(CN(c3ccccc3C)[SH](=O)=O)cc(=O)c2OCc2ccccc2)o1)[SH](=O)=O. The summed E-state index contributed by atoms with van der Waals surface area (Å²) >= 11 is 0. The van der Waals surface area contributed by atoms with Gasteiger partial charge in [-0.3, -0.25) is 18.2 Å². The number of anilines is 2. The number of rotatable bonds is 16. The van der Waals surface area contributed by atoms with E-state index in [2.05, 4.69) is 0 Å². The number of aryl methyl sites for hydroxylation is 2. The molecule has 0 fully saturated rings. The van der Waals surface area contributed by atoms with Crippen LogP contribution >= 0.6 is 0 Å². The molecule has 0 radical (unpaired) electrons. The molecule has 0 N–H and O–H groups in total. The maximum Gasteiger partial charge on any atom is 0.386 e. The second-order valence-corrected chi connectivity index (χ2v) is 14.8. The molecule has 4 aromatic carbocycles. The Hall–Kier alpha value is -6.98. The van der Waals surface area contributed by atoms with Crippen LogP contribution in [-0.4, -0.2) is 28.8 Å². The lowest BCUT2D eigenvalue weighted by atomic mass is 10.2. The van der Waals surface area contributed by atoms with Gasteiger partial charge >= 0.3 is 11.9 Å². The van der Waals surface area contributed by atoms with Gasteiger partial charge in [0.05, 0.1) is 24.5 Å². The van der Waals surface area contributed by atoms with Crippen LogP contribution in [0.2, 0.25) is 0 Å². The van der Waals surface area contributed by atoms with Crippen LogP contribution in [0.4, 0.5) is 11.4 Å². The monoisotopic (exact) mass is 840 g/mol. The van der Waals surface area contributed by atoms with Crippen LogP contribution in [0.25, 0.3) is 0 Å². The van der Waals surface area contributed by atoms with Crippen LogP contribution in [0.15, 0.2) is 140 Å². The van der Waals surface area contributed by atoms with Gasteiger partial charge in [0.2, 0.25) is 44.1 Å². The van der Waals surface area contributed by atoms with Gasteiger partial charge in [-0.25, -0.2) is 26.4 Å². The molecule has 0 saturated heterocycles. The molecule has 0 aliphatic carbocycles. The fraction of sp³-hybridized carbons (Fsp3) is 0.143. The van der Waals surface area contributed by atoms with Gasteiger partial charge in [0, 0.05) is 12.1 Å². The molecule has 6 rings (SSSR count). The van der Waals surface area contributed by atoms with Crippen LogP contribution in [-0.2, 0) is 52.8 Å². The molecular weight excluding hydrogens is 805 g/mol. The Morgan fingerprint density at radius 3 is 1.25 bits per heavy atom. The molecular formula is C42H36N2O13S2. The van der Waals surface area contributed by atoms with Crippen molar-refractivity contribution in [2.75, 3.05) is 8.61 Å². The highest BCUT2D eigenvalue weighted by atomic mass is 32.2. The summed E-state index contributed by atoms with van der Waals surface area (Å²) in [4.78, 5) is 55.0. The third-order valence-electron chi connectivity index (χ3n) is 8.71. The van der Waals surface area contributed by atoms with Crippen molar-refractivity contribution in [3.05, 3.63) is 187 Å². The zero-order chi connectivity index (χ0) is 42.1. The van der Waals surface area contributed by atoms with E-state index in [1.807, 2.05) is 0 Å². The second kappa shape index (κ2) is 19.0. The number of ether oxygens (including phenoxy) is 3. The van der Waals surface area contributed by atoms with Gasteiger partial charge < -0.3 is 23.0 Å². The Morgan fingerprint density at radius 2 is 0.898 bits per heavy atom. The molecule has 304 valence electrons. The molecule has 0 amide bonds. The standard InChI is InChI=1S/C42H36N2O13S2/c1-27-13-9-11-19-33(27)43(58(49)50)23-31-21-35(45)37(53-25-29-15-5-3-6-16-29)39(55-31)41(47)57-42(48)40-38(54-26-30-17-7-4-8-18-30)36(46)22-32(56-40)24-44(59(51)52)34-20-12-10-14-28(34)2/h3-22,58-59H,23-26H2,1-2H3. The second-order valence-electron chi connectivity index (χ2n) is 12.9. The molecule has 59 heavy (non-hydrogen) atoms. The van der Waals surface area contributed by atoms with Crippen molar-refractivity contribution in [2.24, 2.45) is 0 Å². The van der Waals surface area contributed by atoms with Crippen molar-refractivity contribution < 1.29 is 49.5 Å². The van der Waals surface area contributed by atoms with Crippen LogP contribution in [0, 0.1) is 13.8 Å². The van der Waals surface area contributed by atoms with E-state index in [-0.39, 0.29) is 36.1 Å². The number of carbonyl (C=O) groups is 2. The number of para-hydroxylation sites is 2. The van der Waals surface area contributed by atoms with Crippen LogP contribution < -0.4 is 28.9 Å². The molecule has 0 aliphatic heterocycles. The highest BCUT2D eigenvalue weighted by Gasteiger charge is 2.31. The molecule has 0 saturated carbocycles. The summed E-state index contributed by atoms with van der Waals surface area (Å²) in [5, 5.41) is 0. The Bertz CT molecular complexity index is 2560. The van der Waals surface area contributed by atoms with Crippen LogP contribution in [0.1, 0.15) is 54.9 Å². The first kappa shape index (κ1) is 41.6. The molecule has 2 aromatic heterocycles. The molecule has 6 aromatic rings. The lowest BCUT2D eigenvalue weighted by Crippen LogP contribution is -2.25. The summed E-state index contributed by atoms with van der Waals surface area (Å²) in [6.07, 6.45) is 0. The van der Waals surface area contributed by atoms with E-state index in [0.717, 1.165) is 20.7 Å². The molecule has 0 spiro atoms. The Morgan fingerprint density at radius 1 is 0.542 bits per heavy atom. The van der Waals surface area contributed by atoms with Crippen molar-refractivity contribution in [1.29, 1.82) is 0 Å². The predicted molar refractivity (Wildman–Crippen MR) is 217 cm³/mol. The lowest BCUT2D eigenvalue weighted by Gasteiger charge is -2.20. The highest BCUT2D eigenvalue weighted by molar-refractivity contribution is 7.74. The third-order valence-corrected chi connectivity index (χ3v) is 10.2. The van der Waals surface area contributed by atoms with Gasteiger partial charge in [0.15, 0.2) is 0 Å². The summed E-state index contributed by atoms with van der Waals surface area (Å²) in [6.45, 7) is 1.82. The van der Waals surface area contributed by atoms with Crippen molar-refractivity contribution in [2.45, 2.75) is 40.2 Å². The van der Waals surface area contributed by atoms with Crippen LogP contribution in [0.5, 0.6) is 11.5 Å². The van der Waals surface area contributed by atoms with E-state index in [1.165, 1.54) is 0 Å². The van der Waals surface area contributed by atoms with Gasteiger partial charge in [-0.05, 0) is 48.2 Å². The van der Waals surface area contributed by atoms with Gasteiger partial charge in [0.1, 0.15) is 24.7 Å². The molecule has 0 bridgehead atoms. The Balaban J connectivity index is 1.39. The normalized spacial score (nSPS) is 11.0. The number of esters is 2. The smallest absolute Gasteiger partial charge is 0.386 e. The van der Waals surface area contributed by atoms with E-state index >= 15 is 0 Å². The Kier molecular flexibility index (Phi) is 13.4. The topological polar surface area (TPSA) is 197 Å². The van der Waals surface area contributed by atoms with Crippen molar-refractivity contribution >= 4 is 45.1 Å². The van der Waals surface area contributed by atoms with E-state index in [4.69, 9.17) is 23.0 Å².